The second-order valence-corrected chi connectivity index (χ2v) is 9.94. The van der Waals surface area contributed by atoms with Crippen LogP contribution in [0.5, 0.6) is 5.88 Å². The molecule has 2 heterocycles. The van der Waals surface area contributed by atoms with E-state index >= 15 is 0 Å². The molecule has 3 aromatic rings. The Labute approximate surface area is 261 Å². The molecule has 4 amide bonds. The van der Waals surface area contributed by atoms with Crippen molar-refractivity contribution in [3.8, 4) is 17.3 Å². The number of aliphatic hydroxyl groups excluding tert-OH is 2. The lowest BCUT2D eigenvalue weighted by Crippen LogP contribution is -2.50. The van der Waals surface area contributed by atoms with Crippen LogP contribution in [0.15, 0.2) is 72.9 Å². The van der Waals surface area contributed by atoms with E-state index in [4.69, 9.17) is 10.5 Å². The Morgan fingerprint density at radius 2 is 1.40 bits per heavy atom. The van der Waals surface area contributed by atoms with E-state index in [9.17, 15) is 29.4 Å². The molecule has 0 saturated heterocycles. The van der Waals surface area contributed by atoms with Crippen LogP contribution >= 0.6 is 0 Å². The van der Waals surface area contributed by atoms with E-state index in [0.29, 0.717) is 17.3 Å². The zero-order valence-corrected chi connectivity index (χ0v) is 25.0. The summed E-state index contributed by atoms with van der Waals surface area (Å²) in [4.78, 5) is 63.1. The van der Waals surface area contributed by atoms with Crippen molar-refractivity contribution in [3.05, 3.63) is 78.5 Å². The SMILES string of the molecule is NC(=O)CN(CCO)C(=O)CN(CCOc1cccc(-c2ccccn2)n1)CC(=O)N(CCO)CC(=O)NCc1ccccc1. The average Bonchev–Trinajstić information content (AvgIpc) is 3.04. The summed E-state index contributed by atoms with van der Waals surface area (Å²) in [6.45, 7) is -1.90. The number of benzene rings is 1. The van der Waals surface area contributed by atoms with Gasteiger partial charge in [0.1, 0.15) is 6.61 Å². The number of hydrogen-bond acceptors (Lipinski definition) is 10. The van der Waals surface area contributed by atoms with Crippen molar-refractivity contribution in [1.29, 1.82) is 0 Å². The van der Waals surface area contributed by atoms with Crippen LogP contribution < -0.4 is 15.8 Å². The lowest BCUT2D eigenvalue weighted by atomic mass is 10.2. The van der Waals surface area contributed by atoms with Crippen molar-refractivity contribution in [2.75, 3.05) is 65.6 Å². The Hall–Kier alpha value is -4.92. The van der Waals surface area contributed by atoms with Gasteiger partial charge in [-0.05, 0) is 23.8 Å². The molecule has 0 unspecified atom stereocenters. The molecule has 14 nitrogen and oxygen atoms in total. The molecule has 5 N–H and O–H groups in total. The number of amides is 4. The van der Waals surface area contributed by atoms with Gasteiger partial charge in [-0.25, -0.2) is 4.98 Å². The smallest absolute Gasteiger partial charge is 0.239 e. The highest BCUT2D eigenvalue weighted by molar-refractivity contribution is 5.87. The maximum atomic E-state index is 13.3. The molecule has 14 heteroatoms. The van der Waals surface area contributed by atoms with Gasteiger partial charge in [-0.1, -0.05) is 42.5 Å². The van der Waals surface area contributed by atoms with E-state index in [0.717, 1.165) is 10.5 Å². The van der Waals surface area contributed by atoms with Crippen LogP contribution in [-0.2, 0) is 25.7 Å². The minimum absolute atomic E-state index is 0.0343. The molecule has 45 heavy (non-hydrogen) atoms. The Bertz CT molecular complexity index is 1380. The van der Waals surface area contributed by atoms with E-state index in [1.807, 2.05) is 42.5 Å². The van der Waals surface area contributed by atoms with Gasteiger partial charge in [-0.2, -0.15) is 0 Å². The van der Waals surface area contributed by atoms with Crippen molar-refractivity contribution in [2.45, 2.75) is 6.54 Å². The fourth-order valence-corrected chi connectivity index (χ4v) is 4.27. The Morgan fingerprint density at radius 3 is 2.02 bits per heavy atom. The third kappa shape index (κ3) is 12.3. The summed E-state index contributed by atoms with van der Waals surface area (Å²) in [6, 6.07) is 20.0. The van der Waals surface area contributed by atoms with E-state index in [1.165, 1.54) is 9.80 Å². The van der Waals surface area contributed by atoms with Crippen molar-refractivity contribution in [2.24, 2.45) is 5.73 Å². The number of carbonyl (C=O) groups excluding carboxylic acids is 4. The van der Waals surface area contributed by atoms with Crippen LogP contribution in [0.3, 0.4) is 0 Å². The van der Waals surface area contributed by atoms with Gasteiger partial charge in [0.25, 0.3) is 0 Å². The highest BCUT2D eigenvalue weighted by atomic mass is 16.5. The van der Waals surface area contributed by atoms with Crippen molar-refractivity contribution >= 4 is 23.6 Å². The molecule has 1 aromatic carbocycles. The molecule has 2 aromatic heterocycles. The number of carbonyl (C=O) groups is 4. The number of ether oxygens (including phenoxy) is 1. The molecular weight excluding hydrogens is 582 g/mol. The first kappa shape index (κ1) is 34.6. The average molecular weight is 622 g/mol. The first-order valence-electron chi connectivity index (χ1n) is 14.4. The lowest BCUT2D eigenvalue weighted by molar-refractivity contribution is -0.140. The molecule has 0 aliphatic heterocycles. The standard InChI is InChI=1S/C31H39N7O7/c32-27(41)20-37(13-16-39)30(43)22-36(15-18-45-29-11-6-10-26(35-29)25-9-4-5-12-33-25)23-31(44)38(14-17-40)21-28(42)34-19-24-7-2-1-3-8-24/h1-12,39-40H,13-23H2,(H2,32,41)(H,34,42). The number of nitrogens with two attached hydrogens (primary N) is 1. The molecular formula is C31H39N7O7. The summed E-state index contributed by atoms with van der Waals surface area (Å²) in [7, 11) is 0. The predicted molar refractivity (Wildman–Crippen MR) is 164 cm³/mol. The topological polar surface area (TPSA) is 192 Å². The van der Waals surface area contributed by atoms with Crippen LogP contribution in [0, 0.1) is 0 Å². The summed E-state index contributed by atoms with van der Waals surface area (Å²) >= 11 is 0. The van der Waals surface area contributed by atoms with E-state index < -0.39 is 30.2 Å². The molecule has 0 aliphatic rings. The summed E-state index contributed by atoms with van der Waals surface area (Å²) in [6.07, 6.45) is 1.65. The number of hydrogen-bond donors (Lipinski definition) is 4. The number of nitrogens with one attached hydrogen (secondary N) is 1. The fourth-order valence-electron chi connectivity index (χ4n) is 4.27. The van der Waals surface area contributed by atoms with Gasteiger partial charge in [0.2, 0.25) is 29.5 Å². The normalized spacial score (nSPS) is 10.7. The van der Waals surface area contributed by atoms with Crippen molar-refractivity contribution < 1.29 is 34.1 Å². The van der Waals surface area contributed by atoms with Gasteiger partial charge >= 0.3 is 0 Å². The fraction of sp³-hybridized carbons (Fsp3) is 0.355. The van der Waals surface area contributed by atoms with Gasteiger partial charge < -0.3 is 35.8 Å². The van der Waals surface area contributed by atoms with Gasteiger partial charge in [0.15, 0.2) is 0 Å². The maximum Gasteiger partial charge on any atom is 0.239 e. The highest BCUT2D eigenvalue weighted by Gasteiger charge is 2.24. The molecule has 0 atom stereocenters. The van der Waals surface area contributed by atoms with Crippen LogP contribution in [0.2, 0.25) is 0 Å². The van der Waals surface area contributed by atoms with E-state index in [-0.39, 0.29) is 65.6 Å². The van der Waals surface area contributed by atoms with Gasteiger partial charge in [-0.3, -0.25) is 29.1 Å². The lowest BCUT2D eigenvalue weighted by Gasteiger charge is -2.28. The van der Waals surface area contributed by atoms with Crippen LogP contribution in [-0.4, -0.2) is 124 Å². The molecule has 0 bridgehead atoms. The Morgan fingerprint density at radius 1 is 0.756 bits per heavy atom. The third-order valence-corrected chi connectivity index (χ3v) is 6.48. The summed E-state index contributed by atoms with van der Waals surface area (Å²) in [5.41, 5.74) is 7.43. The number of nitrogens with zero attached hydrogens (tertiary/aromatic N) is 5. The Balaban J connectivity index is 1.68. The molecule has 0 saturated carbocycles. The summed E-state index contributed by atoms with van der Waals surface area (Å²) < 4.78 is 5.83. The van der Waals surface area contributed by atoms with E-state index in [1.54, 1.807) is 30.5 Å². The number of rotatable bonds is 19. The highest BCUT2D eigenvalue weighted by Crippen LogP contribution is 2.17. The van der Waals surface area contributed by atoms with E-state index in [2.05, 4.69) is 15.3 Å². The largest absolute Gasteiger partial charge is 0.476 e. The molecule has 0 radical (unpaired) electrons. The van der Waals surface area contributed by atoms with Crippen molar-refractivity contribution in [3.63, 3.8) is 0 Å². The maximum absolute atomic E-state index is 13.3. The number of aliphatic hydroxyl groups is 2. The van der Waals surface area contributed by atoms with Gasteiger partial charge in [0.05, 0.1) is 50.8 Å². The number of aromatic nitrogens is 2. The number of primary amides is 1. The molecule has 3 rings (SSSR count). The molecule has 0 spiro atoms. The second-order valence-electron chi connectivity index (χ2n) is 9.94. The molecule has 0 aliphatic carbocycles. The predicted octanol–water partition coefficient (Wildman–Crippen LogP) is -0.732. The quantitative estimate of drug-likeness (QED) is 0.133. The van der Waals surface area contributed by atoms with Crippen molar-refractivity contribution in [1.82, 2.24) is 30.0 Å². The van der Waals surface area contributed by atoms with Gasteiger partial charge in [-0.15, -0.1) is 0 Å². The first-order valence-corrected chi connectivity index (χ1v) is 14.4. The minimum Gasteiger partial charge on any atom is -0.476 e. The first-order chi connectivity index (χ1) is 21.8. The van der Waals surface area contributed by atoms with Gasteiger partial charge in [0, 0.05) is 38.4 Å². The second kappa shape index (κ2) is 18.7. The van der Waals surface area contributed by atoms with Crippen LogP contribution in [0.4, 0.5) is 0 Å². The zero-order chi connectivity index (χ0) is 32.4. The Kier molecular flexibility index (Phi) is 14.3. The van der Waals surface area contributed by atoms with Crippen LogP contribution in [0.25, 0.3) is 11.4 Å². The minimum atomic E-state index is -0.753. The monoisotopic (exact) mass is 621 g/mol. The molecule has 240 valence electrons. The molecule has 0 fully saturated rings. The number of pyridine rings is 2. The summed E-state index contributed by atoms with van der Waals surface area (Å²) in [5.74, 6) is -1.91. The van der Waals surface area contributed by atoms with Crippen LogP contribution in [0.1, 0.15) is 5.56 Å². The summed E-state index contributed by atoms with van der Waals surface area (Å²) in [5, 5.41) is 21.7. The third-order valence-electron chi connectivity index (χ3n) is 6.48. The zero-order valence-electron chi connectivity index (χ0n) is 25.0.